The summed E-state index contributed by atoms with van der Waals surface area (Å²) in [6.45, 7) is 0. The van der Waals surface area contributed by atoms with E-state index in [1.807, 2.05) is 0 Å². The summed E-state index contributed by atoms with van der Waals surface area (Å²) in [7, 11) is 0. The van der Waals surface area contributed by atoms with Gasteiger partial charge >= 0.3 is 0 Å². The van der Waals surface area contributed by atoms with Crippen molar-refractivity contribution in [1.82, 2.24) is 17.9 Å². The lowest BCUT2D eigenvalue weighted by atomic mass is 10.0. The van der Waals surface area contributed by atoms with Crippen LogP contribution in [-0.4, -0.2) is 17.9 Å². The van der Waals surface area contributed by atoms with Crippen molar-refractivity contribution in [3.63, 3.8) is 0 Å². The standard InChI is InChI=1S/C54H30N4/c1-3-13-31(14-4-1)55-46-24-10-8-18-34(46)41-26-48-42(27-47(41)55)36-21-12-22-38-43-29-50-44(28-49(43)57(48)54(36)38)37-20-11-19-35-40-25-39-33-17-7-9-23-45(33)56(32-15-5-2-6-16-32)51(39)30-52(40)58(50)53(35)37/h1-30H. The number of fused-ring (bicyclic) bond motifs is 18. The van der Waals surface area contributed by atoms with E-state index < -0.39 is 0 Å². The lowest BCUT2D eigenvalue weighted by Crippen LogP contribution is -1.93. The van der Waals surface area contributed by atoms with Gasteiger partial charge in [0, 0.05) is 76.0 Å². The fraction of sp³-hybridized carbons (Fsp3) is 0. The van der Waals surface area contributed by atoms with E-state index in [2.05, 4.69) is 200 Å². The van der Waals surface area contributed by atoms with E-state index in [4.69, 9.17) is 0 Å². The maximum atomic E-state index is 2.55. The third-order valence-corrected chi connectivity index (χ3v) is 13.4. The van der Waals surface area contributed by atoms with Crippen LogP contribution in [0.4, 0.5) is 0 Å². The summed E-state index contributed by atoms with van der Waals surface area (Å²) in [5, 5.41) is 15.4. The highest BCUT2D eigenvalue weighted by atomic mass is 15.0. The fourth-order valence-electron chi connectivity index (χ4n) is 11.1. The van der Waals surface area contributed by atoms with Crippen LogP contribution >= 0.6 is 0 Å². The minimum atomic E-state index is 1.17. The zero-order chi connectivity index (χ0) is 37.4. The highest BCUT2D eigenvalue weighted by molar-refractivity contribution is 6.31. The molecule has 6 aromatic heterocycles. The maximum absolute atomic E-state index is 2.55. The van der Waals surface area contributed by atoms with Gasteiger partial charge in [0.2, 0.25) is 0 Å². The van der Waals surface area contributed by atoms with Gasteiger partial charge in [-0.1, -0.05) is 109 Å². The molecule has 0 aliphatic carbocycles. The van der Waals surface area contributed by atoms with Gasteiger partial charge in [-0.15, -0.1) is 0 Å². The molecule has 58 heavy (non-hydrogen) atoms. The third-order valence-electron chi connectivity index (χ3n) is 13.4. The van der Waals surface area contributed by atoms with Gasteiger partial charge in [0.1, 0.15) is 0 Å². The molecule has 15 rings (SSSR count). The third kappa shape index (κ3) is 3.38. The molecule has 266 valence electrons. The Hall–Kier alpha value is -7.82. The first-order valence-electron chi connectivity index (χ1n) is 20.1. The Morgan fingerprint density at radius 2 is 0.534 bits per heavy atom. The van der Waals surface area contributed by atoms with Crippen molar-refractivity contribution in [3.05, 3.63) is 182 Å². The second-order valence-corrected chi connectivity index (χ2v) is 16.1. The highest BCUT2D eigenvalue weighted by Gasteiger charge is 2.25. The molecule has 4 heteroatoms. The van der Waals surface area contributed by atoms with Gasteiger partial charge < -0.3 is 17.9 Å². The van der Waals surface area contributed by atoms with Crippen LogP contribution in [0.2, 0.25) is 0 Å². The number of para-hydroxylation sites is 6. The zero-order valence-corrected chi connectivity index (χ0v) is 31.1. The Bertz CT molecular complexity index is 4230. The predicted molar refractivity (Wildman–Crippen MR) is 244 cm³/mol. The predicted octanol–water partition coefficient (Wildman–Crippen LogP) is 14.2. The average molecular weight is 735 g/mol. The number of hydrogen-bond acceptors (Lipinski definition) is 0. The lowest BCUT2D eigenvalue weighted by Gasteiger charge is -2.08. The van der Waals surface area contributed by atoms with E-state index in [0.717, 1.165) is 0 Å². The normalized spacial score (nSPS) is 12.8. The molecule has 15 aromatic rings. The summed E-state index contributed by atoms with van der Waals surface area (Å²) in [5.41, 5.74) is 14.9. The van der Waals surface area contributed by atoms with Crippen molar-refractivity contribution in [3.8, 4) is 11.4 Å². The van der Waals surface area contributed by atoms with Crippen LogP contribution in [0.15, 0.2) is 182 Å². The van der Waals surface area contributed by atoms with E-state index in [9.17, 15) is 0 Å². The van der Waals surface area contributed by atoms with Crippen molar-refractivity contribution >= 4 is 120 Å². The molecule has 0 saturated carbocycles. The van der Waals surface area contributed by atoms with Crippen molar-refractivity contribution in [2.24, 2.45) is 0 Å². The molecule has 0 bridgehead atoms. The summed E-state index contributed by atoms with van der Waals surface area (Å²) in [6.07, 6.45) is 0. The molecule has 0 N–H and O–H groups in total. The average Bonchev–Trinajstić information content (AvgIpc) is 4.10. The van der Waals surface area contributed by atoms with Gasteiger partial charge in [0.05, 0.1) is 55.2 Å². The number of nitrogens with zero attached hydrogens (tertiary/aromatic N) is 4. The van der Waals surface area contributed by atoms with Crippen LogP contribution in [0, 0.1) is 0 Å². The van der Waals surface area contributed by atoms with Crippen molar-refractivity contribution in [2.75, 3.05) is 0 Å². The maximum Gasteiger partial charge on any atom is 0.0620 e. The van der Waals surface area contributed by atoms with Crippen LogP contribution in [0.25, 0.3) is 131 Å². The van der Waals surface area contributed by atoms with E-state index >= 15 is 0 Å². The molecule has 0 spiro atoms. The van der Waals surface area contributed by atoms with Gasteiger partial charge in [-0.05, 0) is 72.8 Å². The number of aromatic nitrogens is 4. The first-order valence-corrected chi connectivity index (χ1v) is 20.1. The van der Waals surface area contributed by atoms with Crippen LogP contribution in [-0.2, 0) is 0 Å². The van der Waals surface area contributed by atoms with Gasteiger partial charge in [-0.3, -0.25) is 0 Å². The summed E-state index contributed by atoms with van der Waals surface area (Å²) < 4.78 is 9.96. The minimum absolute atomic E-state index is 1.17. The first-order chi connectivity index (χ1) is 28.8. The lowest BCUT2D eigenvalue weighted by molar-refractivity contribution is 1.18. The molecule has 4 nitrogen and oxygen atoms in total. The van der Waals surface area contributed by atoms with Crippen molar-refractivity contribution < 1.29 is 0 Å². The smallest absolute Gasteiger partial charge is 0.0620 e. The SMILES string of the molecule is c1ccc(-n2c3ccccc3c3cc4c(cc32)c2cccc3c5cc6c(cc5n4c23)c2cccc3c4cc5c7ccccc7n(-c7ccccc7)c5cc4n6c23)cc1. The monoisotopic (exact) mass is 734 g/mol. The minimum Gasteiger partial charge on any atom is -0.309 e. The number of benzene rings is 9. The Morgan fingerprint density at radius 1 is 0.207 bits per heavy atom. The molecule has 0 amide bonds. The highest BCUT2D eigenvalue weighted by Crippen LogP contribution is 2.47. The Labute approximate surface area is 329 Å². The molecular formula is C54H30N4. The van der Waals surface area contributed by atoms with E-state index in [1.165, 1.54) is 131 Å². The molecule has 0 saturated heterocycles. The molecule has 0 atom stereocenters. The fourth-order valence-corrected chi connectivity index (χ4v) is 11.1. The topological polar surface area (TPSA) is 18.7 Å². The van der Waals surface area contributed by atoms with Gasteiger partial charge in [-0.2, -0.15) is 0 Å². The number of hydrogen-bond donors (Lipinski definition) is 0. The van der Waals surface area contributed by atoms with Crippen molar-refractivity contribution in [1.29, 1.82) is 0 Å². The zero-order valence-electron chi connectivity index (χ0n) is 31.1. The Kier molecular flexibility index (Phi) is 5.14. The van der Waals surface area contributed by atoms with E-state index in [-0.39, 0.29) is 0 Å². The summed E-state index contributed by atoms with van der Waals surface area (Å²) in [4.78, 5) is 0. The van der Waals surface area contributed by atoms with Crippen LogP contribution < -0.4 is 0 Å². The van der Waals surface area contributed by atoms with Gasteiger partial charge in [0.15, 0.2) is 0 Å². The first kappa shape index (κ1) is 29.5. The van der Waals surface area contributed by atoms with Crippen LogP contribution in [0.1, 0.15) is 0 Å². The van der Waals surface area contributed by atoms with E-state index in [1.54, 1.807) is 0 Å². The largest absolute Gasteiger partial charge is 0.309 e. The molecule has 0 radical (unpaired) electrons. The summed E-state index contributed by atoms with van der Waals surface area (Å²) >= 11 is 0. The number of rotatable bonds is 2. The van der Waals surface area contributed by atoms with Crippen molar-refractivity contribution in [2.45, 2.75) is 0 Å². The molecule has 0 aliphatic heterocycles. The molecule has 6 heterocycles. The molecule has 0 aliphatic rings. The van der Waals surface area contributed by atoms with Gasteiger partial charge in [-0.25, -0.2) is 0 Å². The molecule has 0 unspecified atom stereocenters. The van der Waals surface area contributed by atoms with Gasteiger partial charge in [0.25, 0.3) is 0 Å². The molecule has 9 aromatic carbocycles. The van der Waals surface area contributed by atoms with Crippen LogP contribution in [0.5, 0.6) is 0 Å². The quantitative estimate of drug-likeness (QED) is 0.168. The Balaban J connectivity index is 1.08. The molecule has 0 fully saturated rings. The van der Waals surface area contributed by atoms with Crippen LogP contribution in [0.3, 0.4) is 0 Å². The van der Waals surface area contributed by atoms with E-state index in [0.29, 0.717) is 0 Å². The molecular weight excluding hydrogens is 705 g/mol. The second kappa shape index (κ2) is 10.1. The second-order valence-electron chi connectivity index (χ2n) is 16.1. The summed E-state index contributed by atoms with van der Waals surface area (Å²) in [5.74, 6) is 0. The Morgan fingerprint density at radius 3 is 1.02 bits per heavy atom. The summed E-state index contributed by atoms with van der Waals surface area (Å²) in [6, 6.07) is 67.7.